The van der Waals surface area contributed by atoms with E-state index in [1.54, 1.807) is 6.21 Å². The van der Waals surface area contributed by atoms with Crippen molar-refractivity contribution >= 4 is 40.2 Å². The van der Waals surface area contributed by atoms with Crippen molar-refractivity contribution in [3.63, 3.8) is 0 Å². The zero-order chi connectivity index (χ0) is 21.8. The molecular weight excluding hydrogens is 408 g/mol. The van der Waals surface area contributed by atoms with Crippen LogP contribution in [0.4, 0.5) is 5.69 Å². The fourth-order valence-corrected chi connectivity index (χ4v) is 3.88. The number of fused-ring (bicyclic) bond motifs is 1. The van der Waals surface area contributed by atoms with E-state index in [0.717, 1.165) is 39.1 Å². The number of hydrogen-bond donors (Lipinski definition) is 2. The van der Waals surface area contributed by atoms with Gasteiger partial charge in [0.15, 0.2) is 0 Å². The van der Waals surface area contributed by atoms with Gasteiger partial charge in [-0.05, 0) is 49.6 Å². The normalized spacial score (nSPS) is 11.2. The quantitative estimate of drug-likeness (QED) is 0.315. The van der Waals surface area contributed by atoms with E-state index in [9.17, 15) is 4.79 Å². The zero-order valence-electron chi connectivity index (χ0n) is 17.4. The highest BCUT2D eigenvalue weighted by Gasteiger charge is 2.10. The van der Waals surface area contributed by atoms with E-state index >= 15 is 0 Å². The van der Waals surface area contributed by atoms with Crippen LogP contribution < -0.4 is 10.7 Å². The van der Waals surface area contributed by atoms with Crippen molar-refractivity contribution in [1.82, 2.24) is 9.99 Å². The lowest BCUT2D eigenvalue weighted by Crippen LogP contribution is -2.25. The topological polar surface area (TPSA) is 58.4 Å². The minimum absolute atomic E-state index is 0.132. The highest BCUT2D eigenvalue weighted by molar-refractivity contribution is 6.30. The number of halogens is 1. The van der Waals surface area contributed by atoms with Gasteiger partial charge in [-0.1, -0.05) is 54.1 Å². The van der Waals surface area contributed by atoms with Crippen molar-refractivity contribution in [2.24, 2.45) is 5.10 Å². The second kappa shape index (κ2) is 9.06. The smallest absolute Gasteiger partial charge is 0.259 e. The van der Waals surface area contributed by atoms with Crippen molar-refractivity contribution in [2.45, 2.75) is 13.8 Å². The van der Waals surface area contributed by atoms with Gasteiger partial charge in [-0.2, -0.15) is 5.10 Å². The van der Waals surface area contributed by atoms with Gasteiger partial charge in [0.25, 0.3) is 5.91 Å². The van der Waals surface area contributed by atoms with E-state index < -0.39 is 0 Å². The predicted molar refractivity (Wildman–Crippen MR) is 128 cm³/mol. The molecule has 0 atom stereocenters. The zero-order valence-corrected chi connectivity index (χ0v) is 18.1. The molecule has 2 N–H and O–H groups in total. The van der Waals surface area contributed by atoms with Crippen LogP contribution in [0.3, 0.4) is 0 Å². The average Bonchev–Trinajstić information content (AvgIpc) is 3.05. The van der Waals surface area contributed by atoms with Gasteiger partial charge in [-0.25, -0.2) is 5.43 Å². The molecule has 6 heteroatoms. The summed E-state index contributed by atoms with van der Waals surface area (Å²) < 4.78 is 2.11. The number of anilines is 1. The summed E-state index contributed by atoms with van der Waals surface area (Å²) >= 11 is 6.14. The fraction of sp³-hybridized carbons (Fsp3) is 0.120. The number of nitrogens with one attached hydrogen (secondary N) is 2. The number of carbonyl (C=O) groups excluding carboxylic acids is 1. The van der Waals surface area contributed by atoms with Crippen LogP contribution in [-0.4, -0.2) is 23.2 Å². The largest absolute Gasteiger partial charge is 0.376 e. The van der Waals surface area contributed by atoms with Crippen molar-refractivity contribution in [2.75, 3.05) is 11.9 Å². The van der Waals surface area contributed by atoms with E-state index in [2.05, 4.69) is 20.4 Å². The van der Waals surface area contributed by atoms with Crippen LogP contribution >= 0.6 is 11.6 Å². The molecule has 3 aromatic carbocycles. The van der Waals surface area contributed by atoms with Gasteiger partial charge in [0.05, 0.1) is 12.8 Å². The second-order valence-corrected chi connectivity index (χ2v) is 7.75. The Kier molecular flexibility index (Phi) is 6.05. The Labute approximate surface area is 186 Å². The third kappa shape index (κ3) is 4.62. The summed E-state index contributed by atoms with van der Waals surface area (Å²) in [5.41, 5.74) is 7.51. The standard InChI is InChI=1S/C25H23ClN4O/c1-17-13-20(18(2)30(17)22-10-6-9-21(26)14-22)15-28-29-25(31)16-27-24-12-5-8-19-7-3-4-11-23(19)24/h3-15,27H,16H2,1-2H3,(H,29,31)/b28-15-. The van der Waals surface area contributed by atoms with Crippen LogP contribution in [0, 0.1) is 13.8 Å². The van der Waals surface area contributed by atoms with E-state index in [-0.39, 0.29) is 12.5 Å². The summed E-state index contributed by atoms with van der Waals surface area (Å²) in [4.78, 5) is 12.3. The monoisotopic (exact) mass is 430 g/mol. The van der Waals surface area contributed by atoms with Crippen LogP contribution in [-0.2, 0) is 4.79 Å². The summed E-state index contributed by atoms with van der Waals surface area (Å²) in [5, 5.41) is 10.2. The van der Waals surface area contributed by atoms with Gasteiger partial charge in [0, 0.05) is 38.7 Å². The summed E-state index contributed by atoms with van der Waals surface area (Å²) in [5.74, 6) is -0.215. The number of hydrogen-bond acceptors (Lipinski definition) is 3. The highest BCUT2D eigenvalue weighted by Crippen LogP contribution is 2.23. The summed E-state index contributed by atoms with van der Waals surface area (Å²) in [6.07, 6.45) is 1.67. The van der Waals surface area contributed by atoms with Gasteiger partial charge < -0.3 is 9.88 Å². The summed E-state index contributed by atoms with van der Waals surface area (Å²) in [7, 11) is 0. The Balaban J connectivity index is 1.41. The first-order chi connectivity index (χ1) is 15.0. The van der Waals surface area contributed by atoms with Gasteiger partial charge >= 0.3 is 0 Å². The average molecular weight is 431 g/mol. The molecule has 0 spiro atoms. The van der Waals surface area contributed by atoms with Crippen LogP contribution in [0.25, 0.3) is 16.5 Å². The van der Waals surface area contributed by atoms with Crippen molar-refractivity contribution < 1.29 is 4.79 Å². The molecule has 0 aliphatic carbocycles. The first-order valence-electron chi connectivity index (χ1n) is 10.0. The highest BCUT2D eigenvalue weighted by atomic mass is 35.5. The van der Waals surface area contributed by atoms with E-state index in [1.807, 2.05) is 86.6 Å². The molecule has 1 aromatic heterocycles. The number of aryl methyl sites for hydroxylation is 1. The van der Waals surface area contributed by atoms with Gasteiger partial charge in [0.1, 0.15) is 0 Å². The third-order valence-electron chi connectivity index (χ3n) is 5.16. The summed E-state index contributed by atoms with van der Waals surface area (Å²) in [6, 6.07) is 23.8. The minimum atomic E-state index is -0.215. The van der Waals surface area contributed by atoms with Crippen molar-refractivity contribution in [3.8, 4) is 5.69 Å². The van der Waals surface area contributed by atoms with E-state index in [4.69, 9.17) is 11.6 Å². The first-order valence-corrected chi connectivity index (χ1v) is 10.4. The van der Waals surface area contributed by atoms with Crippen molar-refractivity contribution in [1.29, 1.82) is 0 Å². The molecule has 0 aliphatic heterocycles. The molecule has 4 rings (SSSR count). The van der Waals surface area contributed by atoms with Crippen LogP contribution in [0.2, 0.25) is 5.02 Å². The number of carbonyl (C=O) groups is 1. The molecule has 0 aliphatic rings. The molecule has 0 fully saturated rings. The van der Waals surface area contributed by atoms with Crippen molar-refractivity contribution in [3.05, 3.63) is 94.8 Å². The first kappa shape index (κ1) is 20.7. The SMILES string of the molecule is Cc1cc(/C=N\NC(=O)CNc2cccc3ccccc23)c(C)n1-c1cccc(Cl)c1. The molecule has 0 radical (unpaired) electrons. The predicted octanol–water partition coefficient (Wildman–Crippen LogP) is 5.46. The Morgan fingerprint density at radius 3 is 2.65 bits per heavy atom. The lowest BCUT2D eigenvalue weighted by molar-refractivity contribution is -0.119. The molecule has 5 nitrogen and oxygen atoms in total. The molecule has 1 amide bonds. The number of rotatable bonds is 6. The van der Waals surface area contributed by atoms with Crippen LogP contribution in [0.5, 0.6) is 0 Å². The molecular formula is C25H23ClN4O. The number of amides is 1. The Morgan fingerprint density at radius 2 is 1.81 bits per heavy atom. The lowest BCUT2D eigenvalue weighted by Gasteiger charge is -2.10. The maximum absolute atomic E-state index is 12.3. The molecule has 156 valence electrons. The maximum atomic E-state index is 12.3. The molecule has 0 unspecified atom stereocenters. The Morgan fingerprint density at radius 1 is 1.03 bits per heavy atom. The van der Waals surface area contributed by atoms with Crippen LogP contribution in [0.1, 0.15) is 17.0 Å². The fourth-order valence-electron chi connectivity index (χ4n) is 3.70. The molecule has 1 heterocycles. The Hall–Kier alpha value is -3.57. The van der Waals surface area contributed by atoms with E-state index in [0.29, 0.717) is 5.02 Å². The molecule has 0 saturated carbocycles. The molecule has 31 heavy (non-hydrogen) atoms. The number of hydrazone groups is 1. The number of aromatic nitrogens is 1. The van der Waals surface area contributed by atoms with Gasteiger partial charge in [-0.3, -0.25) is 4.79 Å². The number of nitrogens with zero attached hydrogens (tertiary/aromatic N) is 2. The summed E-state index contributed by atoms with van der Waals surface area (Å²) in [6.45, 7) is 4.17. The lowest BCUT2D eigenvalue weighted by atomic mass is 10.1. The molecule has 4 aromatic rings. The van der Waals surface area contributed by atoms with Gasteiger partial charge in [-0.15, -0.1) is 0 Å². The molecule has 0 bridgehead atoms. The second-order valence-electron chi connectivity index (χ2n) is 7.32. The Bertz CT molecular complexity index is 1270. The molecule has 0 saturated heterocycles. The minimum Gasteiger partial charge on any atom is -0.376 e. The third-order valence-corrected chi connectivity index (χ3v) is 5.39. The number of benzene rings is 3. The maximum Gasteiger partial charge on any atom is 0.259 e. The van der Waals surface area contributed by atoms with E-state index in [1.165, 1.54) is 0 Å². The van der Waals surface area contributed by atoms with Gasteiger partial charge in [0.2, 0.25) is 0 Å². The van der Waals surface area contributed by atoms with Crippen LogP contribution in [0.15, 0.2) is 77.9 Å².